The monoisotopic (exact) mass is 1010 g/mol. The molecule has 0 saturated carbocycles. The van der Waals surface area contributed by atoms with Gasteiger partial charge in [-0.25, -0.2) is 0 Å². The van der Waals surface area contributed by atoms with Crippen molar-refractivity contribution in [3.8, 4) is 0 Å². The van der Waals surface area contributed by atoms with Crippen molar-refractivity contribution in [2.45, 2.75) is 286 Å². The van der Waals surface area contributed by atoms with E-state index < -0.39 is 86.8 Å². The van der Waals surface area contributed by atoms with Gasteiger partial charge >= 0.3 is 0 Å². The van der Waals surface area contributed by atoms with Crippen LogP contribution in [0, 0.1) is 0 Å². The largest absolute Gasteiger partial charge is 0.394 e. The van der Waals surface area contributed by atoms with Crippen LogP contribution >= 0.6 is 0 Å². The zero-order valence-corrected chi connectivity index (χ0v) is 44.2. The molecule has 414 valence electrons. The molecular weight excluding hydrogens is 907 g/mol. The predicted molar refractivity (Wildman–Crippen MR) is 281 cm³/mol. The number of amides is 1. The third-order valence-corrected chi connectivity index (χ3v) is 13.7. The number of carbonyl (C=O) groups excluding carboxylic acids is 1. The standard InChI is InChI=1S/C57H103NO13/c1-3-5-7-9-11-13-15-17-18-19-20-21-22-23-24-25-26-27-28-29-31-33-35-37-39-41-49(62)58-45(46(61)40-38-36-34-32-30-16-14-12-10-8-6-4-2)44-68-56-54(67)52(65)55(48(43-60)70-56)71-57-53(66)51(64)50(63)47(42-59)69-57/h10,12,19-20,30,32,38,40,45-48,50-57,59-61,63-67H,3-9,11,13-18,21-29,31,33-37,39,41-44H2,1-2H3,(H,58,62)/b12-10+,20-19-,32-30+,40-38+. The van der Waals surface area contributed by atoms with E-state index in [9.17, 15) is 45.6 Å². The second-order valence-corrected chi connectivity index (χ2v) is 20.0. The maximum Gasteiger partial charge on any atom is 0.220 e. The van der Waals surface area contributed by atoms with E-state index >= 15 is 0 Å². The van der Waals surface area contributed by atoms with Gasteiger partial charge in [-0.05, 0) is 64.2 Å². The summed E-state index contributed by atoms with van der Waals surface area (Å²) in [7, 11) is 0. The van der Waals surface area contributed by atoms with Gasteiger partial charge in [0.05, 0.1) is 32.0 Å². The maximum atomic E-state index is 13.2. The SMILES string of the molecule is CCCC/C=C/CC/C=C/CC/C=C/C(O)C(COC1OC(CO)C(OC2OC(CO)C(O)C(O)C2O)C(O)C1O)NC(=O)CCCCCCCCCCCCCCC/C=C\CCCCCCCCCC. The van der Waals surface area contributed by atoms with Gasteiger partial charge in [-0.3, -0.25) is 4.79 Å². The van der Waals surface area contributed by atoms with Crippen LogP contribution in [0.5, 0.6) is 0 Å². The Bertz CT molecular complexity index is 1380. The van der Waals surface area contributed by atoms with Crippen molar-refractivity contribution in [1.82, 2.24) is 5.32 Å². The third kappa shape index (κ3) is 29.6. The maximum absolute atomic E-state index is 13.2. The number of rotatable bonds is 44. The van der Waals surface area contributed by atoms with Crippen LogP contribution < -0.4 is 5.32 Å². The van der Waals surface area contributed by atoms with Crippen molar-refractivity contribution in [2.24, 2.45) is 0 Å². The Morgan fingerprint density at radius 2 is 0.915 bits per heavy atom. The summed E-state index contributed by atoms with van der Waals surface area (Å²) < 4.78 is 22.7. The van der Waals surface area contributed by atoms with Gasteiger partial charge in [0.1, 0.15) is 48.8 Å². The molecule has 2 rings (SSSR count). The fourth-order valence-electron chi connectivity index (χ4n) is 9.07. The van der Waals surface area contributed by atoms with Crippen LogP contribution in [-0.4, -0.2) is 140 Å². The van der Waals surface area contributed by atoms with Crippen LogP contribution in [0.25, 0.3) is 0 Å². The zero-order valence-electron chi connectivity index (χ0n) is 44.2. The normalized spacial score (nSPS) is 26.1. The summed E-state index contributed by atoms with van der Waals surface area (Å²) >= 11 is 0. The first-order valence-corrected chi connectivity index (χ1v) is 28.4. The van der Waals surface area contributed by atoms with E-state index in [0.717, 1.165) is 44.9 Å². The first kappa shape index (κ1) is 65.1. The summed E-state index contributed by atoms with van der Waals surface area (Å²) in [4.78, 5) is 13.2. The van der Waals surface area contributed by atoms with Crippen LogP contribution in [0.15, 0.2) is 48.6 Å². The summed E-state index contributed by atoms with van der Waals surface area (Å²) in [5.74, 6) is -0.255. The molecule has 0 radical (unpaired) electrons. The Kier molecular flexibility index (Phi) is 39.6. The summed E-state index contributed by atoms with van der Waals surface area (Å²) in [6, 6.07) is -0.936. The smallest absolute Gasteiger partial charge is 0.220 e. The van der Waals surface area contributed by atoms with Crippen molar-refractivity contribution in [3.05, 3.63) is 48.6 Å². The Morgan fingerprint density at radius 3 is 1.42 bits per heavy atom. The van der Waals surface area contributed by atoms with Crippen molar-refractivity contribution in [2.75, 3.05) is 19.8 Å². The van der Waals surface area contributed by atoms with E-state index in [1.54, 1.807) is 6.08 Å². The van der Waals surface area contributed by atoms with E-state index in [2.05, 4.69) is 55.6 Å². The molecular formula is C57H103NO13. The number of aliphatic hydroxyl groups excluding tert-OH is 8. The summed E-state index contributed by atoms with van der Waals surface area (Å²) in [6.07, 6.45) is 36.0. The van der Waals surface area contributed by atoms with Gasteiger partial charge in [0.15, 0.2) is 12.6 Å². The van der Waals surface area contributed by atoms with E-state index in [4.69, 9.17) is 18.9 Å². The highest BCUT2D eigenvalue weighted by Crippen LogP contribution is 2.30. The molecule has 0 bridgehead atoms. The first-order chi connectivity index (χ1) is 34.6. The highest BCUT2D eigenvalue weighted by Gasteiger charge is 2.51. The van der Waals surface area contributed by atoms with Gasteiger partial charge in [0.25, 0.3) is 0 Å². The van der Waals surface area contributed by atoms with E-state index in [1.165, 1.54) is 135 Å². The lowest BCUT2D eigenvalue weighted by Crippen LogP contribution is -2.65. The molecule has 71 heavy (non-hydrogen) atoms. The lowest BCUT2D eigenvalue weighted by Gasteiger charge is -2.46. The molecule has 0 aromatic rings. The number of ether oxygens (including phenoxy) is 4. The fourth-order valence-corrected chi connectivity index (χ4v) is 9.07. The van der Waals surface area contributed by atoms with Crippen LogP contribution in [0.3, 0.4) is 0 Å². The molecule has 0 aromatic carbocycles. The topological polar surface area (TPSA) is 228 Å². The van der Waals surface area contributed by atoms with Crippen molar-refractivity contribution < 1.29 is 64.6 Å². The van der Waals surface area contributed by atoms with Gasteiger partial charge in [0, 0.05) is 6.42 Å². The minimum Gasteiger partial charge on any atom is -0.394 e. The molecule has 0 aromatic heterocycles. The summed E-state index contributed by atoms with van der Waals surface area (Å²) in [5.41, 5.74) is 0. The number of hydrogen-bond acceptors (Lipinski definition) is 13. The molecule has 9 N–H and O–H groups in total. The second kappa shape index (κ2) is 43.2. The lowest BCUT2D eigenvalue weighted by atomic mass is 9.97. The molecule has 2 heterocycles. The van der Waals surface area contributed by atoms with Crippen molar-refractivity contribution >= 4 is 5.91 Å². The summed E-state index contributed by atoms with van der Waals surface area (Å²) in [5, 5.41) is 86.8. The average molecular weight is 1010 g/mol. The molecule has 2 aliphatic heterocycles. The van der Waals surface area contributed by atoms with Gasteiger partial charge in [-0.2, -0.15) is 0 Å². The Hall–Kier alpha value is -2.05. The Labute approximate surface area is 429 Å². The Morgan fingerprint density at radius 1 is 0.493 bits per heavy atom. The van der Waals surface area contributed by atoms with Crippen LogP contribution in [0.1, 0.15) is 213 Å². The van der Waals surface area contributed by atoms with E-state index in [0.29, 0.717) is 12.8 Å². The molecule has 12 unspecified atom stereocenters. The number of hydrogen-bond donors (Lipinski definition) is 9. The number of allylic oxidation sites excluding steroid dienone is 7. The molecule has 0 aliphatic carbocycles. The first-order valence-electron chi connectivity index (χ1n) is 28.4. The second-order valence-electron chi connectivity index (χ2n) is 20.0. The molecule has 14 heteroatoms. The van der Waals surface area contributed by atoms with Crippen LogP contribution in [0.4, 0.5) is 0 Å². The minimum absolute atomic E-state index is 0.255. The molecule has 0 spiro atoms. The van der Waals surface area contributed by atoms with Crippen molar-refractivity contribution in [3.63, 3.8) is 0 Å². The predicted octanol–water partition coefficient (Wildman–Crippen LogP) is 8.83. The molecule has 14 nitrogen and oxygen atoms in total. The lowest BCUT2D eigenvalue weighted by molar-refractivity contribution is -0.359. The van der Waals surface area contributed by atoms with Crippen LogP contribution in [-0.2, 0) is 23.7 Å². The Balaban J connectivity index is 1.74. The van der Waals surface area contributed by atoms with E-state index in [-0.39, 0.29) is 18.9 Å². The van der Waals surface area contributed by atoms with Gasteiger partial charge in [-0.15, -0.1) is 0 Å². The molecule has 12 atom stereocenters. The third-order valence-electron chi connectivity index (χ3n) is 13.7. The highest BCUT2D eigenvalue weighted by atomic mass is 16.7. The fraction of sp³-hybridized carbons (Fsp3) is 0.842. The highest BCUT2D eigenvalue weighted by molar-refractivity contribution is 5.76. The van der Waals surface area contributed by atoms with Crippen LogP contribution in [0.2, 0.25) is 0 Å². The zero-order chi connectivity index (χ0) is 51.7. The van der Waals surface area contributed by atoms with E-state index in [1.807, 2.05) is 6.08 Å². The summed E-state index contributed by atoms with van der Waals surface area (Å²) in [6.45, 7) is 2.71. The molecule has 2 saturated heterocycles. The molecule has 1 amide bonds. The van der Waals surface area contributed by atoms with Crippen molar-refractivity contribution in [1.29, 1.82) is 0 Å². The number of nitrogens with one attached hydrogen (secondary N) is 1. The molecule has 2 aliphatic rings. The number of unbranched alkanes of at least 4 members (excludes halogenated alkanes) is 25. The minimum atomic E-state index is -1.79. The number of aliphatic hydroxyl groups is 8. The number of carbonyl (C=O) groups is 1. The van der Waals surface area contributed by atoms with Gasteiger partial charge < -0.3 is 65.1 Å². The molecule has 2 fully saturated rings. The quantitative estimate of drug-likeness (QED) is 0.0206. The van der Waals surface area contributed by atoms with Gasteiger partial charge in [-0.1, -0.05) is 191 Å². The average Bonchev–Trinajstić information content (AvgIpc) is 3.37. The van der Waals surface area contributed by atoms with Gasteiger partial charge in [0.2, 0.25) is 5.91 Å².